The summed E-state index contributed by atoms with van der Waals surface area (Å²) in [7, 11) is 0. The molecule has 0 saturated heterocycles. The number of rotatable bonds is 8. The number of nitrogens with zero attached hydrogens (tertiary/aromatic N) is 7. The molecule has 5 aromatic carbocycles. The second kappa shape index (κ2) is 13.5. The van der Waals surface area contributed by atoms with Crippen molar-refractivity contribution in [3.05, 3.63) is 205 Å². The molecule has 8 aromatic rings. The molecular formula is C44H32N8O. The van der Waals surface area contributed by atoms with E-state index in [0.29, 0.717) is 16.7 Å². The minimum atomic E-state index is -0.873. The van der Waals surface area contributed by atoms with Gasteiger partial charge >= 0.3 is 0 Å². The molecule has 0 unspecified atom stereocenters. The van der Waals surface area contributed by atoms with Gasteiger partial charge in [0.1, 0.15) is 11.2 Å². The molecule has 3 aromatic heterocycles. The molecule has 0 spiro atoms. The maximum atomic E-state index is 14.1. The zero-order valence-corrected chi connectivity index (χ0v) is 28.4. The highest BCUT2D eigenvalue weighted by Gasteiger charge is 2.41. The number of carbonyl (C=O) groups excluding carboxylic acids is 1. The van der Waals surface area contributed by atoms with Crippen LogP contribution in [0.5, 0.6) is 0 Å². The van der Waals surface area contributed by atoms with Gasteiger partial charge in [-0.25, -0.2) is 9.67 Å². The van der Waals surface area contributed by atoms with E-state index in [2.05, 4.69) is 97.7 Å². The number of aromatic amines is 1. The van der Waals surface area contributed by atoms with E-state index in [-0.39, 0.29) is 11.7 Å². The van der Waals surface area contributed by atoms with E-state index < -0.39 is 11.7 Å². The Morgan fingerprint density at radius 1 is 0.717 bits per heavy atom. The van der Waals surface area contributed by atoms with Crippen molar-refractivity contribution in [1.29, 1.82) is 0 Å². The number of hydrogen-bond donors (Lipinski definition) is 1. The lowest BCUT2D eigenvalue weighted by Crippen LogP contribution is -2.38. The molecule has 53 heavy (non-hydrogen) atoms. The summed E-state index contributed by atoms with van der Waals surface area (Å²) in [5, 5.41) is 15.2. The number of azo groups is 1. The number of carbonyl (C=O) groups is 1. The van der Waals surface area contributed by atoms with E-state index in [1.165, 1.54) is 4.90 Å². The van der Waals surface area contributed by atoms with Gasteiger partial charge in [0.2, 0.25) is 0 Å². The van der Waals surface area contributed by atoms with Gasteiger partial charge in [0, 0.05) is 29.5 Å². The third-order valence-electron chi connectivity index (χ3n) is 9.54. The second-order valence-corrected chi connectivity index (χ2v) is 12.7. The summed E-state index contributed by atoms with van der Waals surface area (Å²) < 4.78 is 2.12. The molecule has 1 atom stereocenters. The molecule has 254 valence electrons. The van der Waals surface area contributed by atoms with Crippen LogP contribution in [0.1, 0.15) is 27.3 Å². The molecule has 0 radical (unpaired) electrons. The number of imidazole rings is 1. The van der Waals surface area contributed by atoms with Crippen molar-refractivity contribution in [2.24, 2.45) is 10.2 Å². The van der Waals surface area contributed by atoms with E-state index >= 15 is 0 Å². The summed E-state index contributed by atoms with van der Waals surface area (Å²) in [4.78, 5) is 28.1. The Kier molecular flexibility index (Phi) is 8.05. The zero-order valence-electron chi connectivity index (χ0n) is 28.4. The summed E-state index contributed by atoms with van der Waals surface area (Å²) >= 11 is 0. The molecule has 1 N–H and O–H groups in total. The molecule has 9 heteroatoms. The SMILES string of the molecule is O=C(c1nc2cc3c(-c4ccncc4)nn(C(c4ccccc4)(c4ccccc4)c4ccccc4)c3cc2[nH]1)N1C=CC=C[C@@H]1N=Nc1ccccc1. The van der Waals surface area contributed by atoms with Gasteiger partial charge in [-0.3, -0.25) is 14.7 Å². The highest BCUT2D eigenvalue weighted by atomic mass is 16.2. The van der Waals surface area contributed by atoms with Gasteiger partial charge in [-0.05, 0) is 65.2 Å². The normalized spacial score (nSPS) is 14.4. The Morgan fingerprint density at radius 2 is 1.32 bits per heavy atom. The van der Waals surface area contributed by atoms with E-state index in [1.54, 1.807) is 24.7 Å². The van der Waals surface area contributed by atoms with E-state index in [0.717, 1.165) is 38.9 Å². The van der Waals surface area contributed by atoms with Crippen molar-refractivity contribution in [3.63, 3.8) is 0 Å². The van der Waals surface area contributed by atoms with Crippen LogP contribution in [0.4, 0.5) is 5.69 Å². The van der Waals surface area contributed by atoms with E-state index in [4.69, 9.17) is 10.1 Å². The van der Waals surface area contributed by atoms with Gasteiger partial charge < -0.3 is 4.98 Å². The van der Waals surface area contributed by atoms with Crippen LogP contribution in [-0.2, 0) is 5.54 Å². The van der Waals surface area contributed by atoms with Crippen LogP contribution in [0.3, 0.4) is 0 Å². The van der Waals surface area contributed by atoms with Crippen molar-refractivity contribution in [2.75, 3.05) is 0 Å². The molecule has 1 aliphatic rings. The average Bonchev–Trinajstić information content (AvgIpc) is 3.83. The summed E-state index contributed by atoms with van der Waals surface area (Å²) in [6, 6.07) is 48.8. The summed E-state index contributed by atoms with van der Waals surface area (Å²) in [6.07, 6.45) is 10.1. The van der Waals surface area contributed by atoms with Gasteiger partial charge in [0.05, 0.1) is 22.2 Å². The fraction of sp³-hybridized carbons (Fsp3) is 0.0455. The van der Waals surface area contributed by atoms with Crippen LogP contribution in [0.15, 0.2) is 193 Å². The van der Waals surface area contributed by atoms with Gasteiger partial charge in [0.15, 0.2) is 12.0 Å². The number of amides is 1. The standard InChI is InChI=1S/C44H32N8O/c53-43(51-28-14-13-23-40(51)49-48-35-21-11-4-12-22-35)42-46-37-29-36-39(30-38(37)47-42)52(50-41(36)31-24-26-45-27-25-31)44(32-15-5-1-6-16-32,33-17-7-2-8-18-33)34-19-9-3-10-20-34/h1-30,40H,(H,46,47)/t40-/m1/s1. The molecule has 0 aliphatic carbocycles. The maximum Gasteiger partial charge on any atom is 0.295 e. The molecule has 0 bridgehead atoms. The highest BCUT2D eigenvalue weighted by Crippen LogP contribution is 2.44. The fourth-order valence-corrected chi connectivity index (χ4v) is 7.11. The minimum absolute atomic E-state index is 0.193. The van der Waals surface area contributed by atoms with Crippen LogP contribution < -0.4 is 0 Å². The number of hydrogen-bond acceptors (Lipinski definition) is 6. The lowest BCUT2D eigenvalue weighted by atomic mass is 9.77. The van der Waals surface area contributed by atoms with Gasteiger partial charge in [-0.1, -0.05) is 115 Å². The lowest BCUT2D eigenvalue weighted by molar-refractivity contribution is 0.0781. The third kappa shape index (κ3) is 5.61. The number of H-pyrrole nitrogens is 1. The number of allylic oxidation sites excluding steroid dienone is 2. The summed E-state index contributed by atoms with van der Waals surface area (Å²) in [6.45, 7) is 0. The predicted octanol–water partition coefficient (Wildman–Crippen LogP) is 9.45. The lowest BCUT2D eigenvalue weighted by Gasteiger charge is -2.37. The maximum absolute atomic E-state index is 14.1. The van der Waals surface area contributed by atoms with Crippen molar-refractivity contribution in [3.8, 4) is 11.3 Å². The Hall–Kier alpha value is -7.26. The molecular weight excluding hydrogens is 657 g/mol. The number of fused-ring (bicyclic) bond motifs is 2. The first kappa shape index (κ1) is 31.7. The number of aromatic nitrogens is 5. The van der Waals surface area contributed by atoms with Crippen molar-refractivity contribution < 1.29 is 4.79 Å². The number of nitrogens with one attached hydrogen (secondary N) is 1. The largest absolute Gasteiger partial charge is 0.334 e. The smallest absolute Gasteiger partial charge is 0.295 e. The summed E-state index contributed by atoms with van der Waals surface area (Å²) in [5.41, 5.74) is 6.85. The quantitative estimate of drug-likeness (QED) is 0.127. The first-order chi connectivity index (χ1) is 26.2. The number of benzene rings is 5. The first-order valence-corrected chi connectivity index (χ1v) is 17.3. The summed E-state index contributed by atoms with van der Waals surface area (Å²) in [5.74, 6) is -0.135. The monoisotopic (exact) mass is 688 g/mol. The van der Waals surface area contributed by atoms with Crippen molar-refractivity contribution in [1.82, 2.24) is 29.6 Å². The first-order valence-electron chi connectivity index (χ1n) is 17.3. The van der Waals surface area contributed by atoms with E-state index in [1.807, 2.05) is 84.9 Å². The molecule has 9 nitrogen and oxygen atoms in total. The third-order valence-corrected chi connectivity index (χ3v) is 9.54. The fourth-order valence-electron chi connectivity index (χ4n) is 7.11. The molecule has 0 saturated carbocycles. The Bertz CT molecular complexity index is 2540. The Labute approximate surface area is 305 Å². The van der Waals surface area contributed by atoms with Crippen LogP contribution in [0, 0.1) is 0 Å². The van der Waals surface area contributed by atoms with Crippen LogP contribution in [0.25, 0.3) is 33.2 Å². The molecule has 0 fully saturated rings. The topological polar surface area (TPSA) is 104 Å². The van der Waals surface area contributed by atoms with Gasteiger partial charge in [-0.15, -0.1) is 0 Å². The van der Waals surface area contributed by atoms with Crippen LogP contribution >= 0.6 is 0 Å². The molecule has 4 heterocycles. The molecule has 1 aliphatic heterocycles. The molecule has 9 rings (SSSR count). The van der Waals surface area contributed by atoms with Crippen LogP contribution in [0.2, 0.25) is 0 Å². The predicted molar refractivity (Wildman–Crippen MR) is 206 cm³/mol. The van der Waals surface area contributed by atoms with Crippen molar-refractivity contribution >= 4 is 33.5 Å². The Morgan fingerprint density at radius 3 is 1.94 bits per heavy atom. The Balaban J connectivity index is 1.25. The highest BCUT2D eigenvalue weighted by molar-refractivity contribution is 6.03. The zero-order chi connectivity index (χ0) is 35.6. The van der Waals surface area contributed by atoms with E-state index in [9.17, 15) is 4.79 Å². The molecule has 1 amide bonds. The van der Waals surface area contributed by atoms with Gasteiger partial charge in [-0.2, -0.15) is 15.3 Å². The van der Waals surface area contributed by atoms with Crippen LogP contribution in [-0.4, -0.2) is 41.7 Å². The minimum Gasteiger partial charge on any atom is -0.334 e. The van der Waals surface area contributed by atoms with Crippen molar-refractivity contribution in [2.45, 2.75) is 11.7 Å². The second-order valence-electron chi connectivity index (χ2n) is 12.7. The number of pyridine rings is 1. The van der Waals surface area contributed by atoms with Gasteiger partial charge in [0.25, 0.3) is 5.91 Å². The average molecular weight is 689 g/mol.